The Morgan fingerprint density at radius 1 is 1.24 bits per heavy atom. The molecule has 1 saturated heterocycles. The van der Waals surface area contributed by atoms with Crippen molar-refractivity contribution in [2.45, 2.75) is 32.1 Å². The van der Waals surface area contributed by atoms with Crippen LogP contribution in [0.5, 0.6) is 0 Å². The van der Waals surface area contributed by atoms with Crippen LogP contribution in [0.1, 0.15) is 32.3 Å². The van der Waals surface area contributed by atoms with E-state index in [1.54, 1.807) is 0 Å². The molecule has 1 fully saturated rings. The van der Waals surface area contributed by atoms with Crippen LogP contribution >= 0.6 is 0 Å². The van der Waals surface area contributed by atoms with Crippen LogP contribution in [0.3, 0.4) is 0 Å². The molecule has 0 bridgehead atoms. The summed E-state index contributed by atoms with van der Waals surface area (Å²) in [6.07, 6.45) is 0.975. The van der Waals surface area contributed by atoms with Gasteiger partial charge in [0, 0.05) is 6.42 Å². The lowest BCUT2D eigenvalue weighted by molar-refractivity contribution is -0.126. The quantitative estimate of drug-likeness (QED) is 0.809. The SMILES string of the molecule is CC(C)CC1(c2ccccc2)CC(=O)NC1=O. The van der Waals surface area contributed by atoms with Crippen molar-refractivity contribution in [2.75, 3.05) is 0 Å². The van der Waals surface area contributed by atoms with Crippen LogP contribution in [-0.2, 0) is 15.0 Å². The minimum atomic E-state index is -0.660. The molecule has 1 atom stereocenters. The number of benzene rings is 1. The summed E-state index contributed by atoms with van der Waals surface area (Å²) in [7, 11) is 0. The average Bonchev–Trinajstić information content (AvgIpc) is 2.55. The van der Waals surface area contributed by atoms with Crippen molar-refractivity contribution < 1.29 is 9.59 Å². The number of carbonyl (C=O) groups is 2. The van der Waals surface area contributed by atoms with Gasteiger partial charge in [-0.3, -0.25) is 14.9 Å². The van der Waals surface area contributed by atoms with Crippen molar-refractivity contribution in [3.8, 4) is 0 Å². The molecule has 0 aliphatic carbocycles. The lowest BCUT2D eigenvalue weighted by Gasteiger charge is -2.27. The fourth-order valence-corrected chi connectivity index (χ4v) is 2.61. The fraction of sp³-hybridized carbons (Fsp3) is 0.429. The number of rotatable bonds is 3. The van der Waals surface area contributed by atoms with Gasteiger partial charge in [-0.25, -0.2) is 0 Å². The first kappa shape index (κ1) is 11.8. The van der Waals surface area contributed by atoms with Gasteiger partial charge in [0.15, 0.2) is 0 Å². The van der Waals surface area contributed by atoms with E-state index < -0.39 is 5.41 Å². The minimum absolute atomic E-state index is 0.151. The zero-order chi connectivity index (χ0) is 12.5. The first-order valence-electron chi connectivity index (χ1n) is 5.94. The molecule has 1 heterocycles. The second kappa shape index (κ2) is 4.32. The van der Waals surface area contributed by atoms with Crippen molar-refractivity contribution >= 4 is 11.8 Å². The third-order valence-corrected chi connectivity index (χ3v) is 3.23. The summed E-state index contributed by atoms with van der Waals surface area (Å²) in [6, 6.07) is 9.60. The van der Waals surface area contributed by atoms with E-state index >= 15 is 0 Å². The molecule has 17 heavy (non-hydrogen) atoms. The maximum Gasteiger partial charge on any atom is 0.237 e. The van der Waals surface area contributed by atoms with E-state index in [2.05, 4.69) is 19.2 Å². The van der Waals surface area contributed by atoms with E-state index in [1.807, 2.05) is 30.3 Å². The Balaban J connectivity index is 2.45. The van der Waals surface area contributed by atoms with Crippen molar-refractivity contribution in [2.24, 2.45) is 5.92 Å². The van der Waals surface area contributed by atoms with Gasteiger partial charge >= 0.3 is 0 Å². The van der Waals surface area contributed by atoms with E-state index in [0.717, 1.165) is 5.56 Å². The molecule has 0 radical (unpaired) electrons. The maximum atomic E-state index is 12.1. The predicted octanol–water partition coefficient (Wildman–Crippen LogP) is 2.02. The van der Waals surface area contributed by atoms with Crippen molar-refractivity contribution in [3.63, 3.8) is 0 Å². The fourth-order valence-electron chi connectivity index (χ4n) is 2.61. The van der Waals surface area contributed by atoms with Gasteiger partial charge in [0.2, 0.25) is 11.8 Å². The van der Waals surface area contributed by atoms with Gasteiger partial charge in [-0.2, -0.15) is 0 Å². The molecule has 2 rings (SSSR count). The molecular weight excluding hydrogens is 214 g/mol. The Labute approximate surface area is 101 Å². The van der Waals surface area contributed by atoms with E-state index in [4.69, 9.17) is 0 Å². The van der Waals surface area contributed by atoms with Crippen LogP contribution in [0.25, 0.3) is 0 Å². The smallest absolute Gasteiger partial charge is 0.237 e. The zero-order valence-corrected chi connectivity index (χ0v) is 10.2. The lowest BCUT2D eigenvalue weighted by atomic mass is 9.73. The molecule has 1 unspecified atom stereocenters. The first-order chi connectivity index (χ1) is 8.04. The molecular formula is C14H17NO2. The molecule has 2 amide bonds. The highest BCUT2D eigenvalue weighted by Crippen LogP contribution is 2.38. The predicted molar refractivity (Wildman–Crippen MR) is 65.3 cm³/mol. The van der Waals surface area contributed by atoms with E-state index in [-0.39, 0.29) is 18.2 Å². The topological polar surface area (TPSA) is 46.2 Å². The Kier molecular flexibility index (Phi) is 3.01. The Hall–Kier alpha value is -1.64. The number of nitrogens with one attached hydrogen (secondary N) is 1. The largest absolute Gasteiger partial charge is 0.296 e. The third-order valence-electron chi connectivity index (χ3n) is 3.23. The molecule has 1 aromatic rings. The van der Waals surface area contributed by atoms with Crippen molar-refractivity contribution in [1.82, 2.24) is 5.32 Å². The summed E-state index contributed by atoms with van der Waals surface area (Å²) in [5, 5.41) is 2.43. The lowest BCUT2D eigenvalue weighted by Crippen LogP contribution is -2.36. The minimum Gasteiger partial charge on any atom is -0.296 e. The van der Waals surface area contributed by atoms with E-state index in [0.29, 0.717) is 12.3 Å². The van der Waals surface area contributed by atoms with Gasteiger partial charge < -0.3 is 0 Å². The van der Waals surface area contributed by atoms with Crippen LogP contribution in [-0.4, -0.2) is 11.8 Å². The second-order valence-electron chi connectivity index (χ2n) is 5.10. The molecule has 90 valence electrons. The van der Waals surface area contributed by atoms with Crippen LogP contribution < -0.4 is 5.32 Å². The number of amides is 2. The highest BCUT2D eigenvalue weighted by molar-refractivity contribution is 6.09. The Morgan fingerprint density at radius 2 is 1.88 bits per heavy atom. The van der Waals surface area contributed by atoms with E-state index in [9.17, 15) is 9.59 Å². The maximum absolute atomic E-state index is 12.1. The summed E-state index contributed by atoms with van der Waals surface area (Å²) < 4.78 is 0. The number of hydrogen-bond donors (Lipinski definition) is 1. The normalized spacial score (nSPS) is 24.2. The van der Waals surface area contributed by atoms with Gasteiger partial charge in [0.1, 0.15) is 0 Å². The van der Waals surface area contributed by atoms with Crippen LogP contribution in [0, 0.1) is 5.92 Å². The number of imide groups is 1. The van der Waals surface area contributed by atoms with Crippen molar-refractivity contribution in [3.05, 3.63) is 35.9 Å². The second-order valence-corrected chi connectivity index (χ2v) is 5.10. The van der Waals surface area contributed by atoms with Crippen LogP contribution in [0.2, 0.25) is 0 Å². The zero-order valence-electron chi connectivity index (χ0n) is 10.2. The summed E-state index contributed by atoms with van der Waals surface area (Å²) in [5.74, 6) is 0.0498. The molecule has 1 N–H and O–H groups in total. The monoisotopic (exact) mass is 231 g/mol. The van der Waals surface area contributed by atoms with Gasteiger partial charge in [-0.15, -0.1) is 0 Å². The number of carbonyl (C=O) groups excluding carboxylic acids is 2. The molecule has 0 saturated carbocycles. The summed E-state index contributed by atoms with van der Waals surface area (Å²) >= 11 is 0. The molecule has 0 aromatic heterocycles. The molecule has 3 nitrogen and oxygen atoms in total. The van der Waals surface area contributed by atoms with E-state index in [1.165, 1.54) is 0 Å². The first-order valence-corrected chi connectivity index (χ1v) is 5.94. The highest BCUT2D eigenvalue weighted by Gasteiger charge is 2.47. The molecule has 1 aromatic carbocycles. The van der Waals surface area contributed by atoms with Gasteiger partial charge in [0.25, 0.3) is 0 Å². The molecule has 0 spiro atoms. The van der Waals surface area contributed by atoms with Crippen LogP contribution in [0.15, 0.2) is 30.3 Å². The Morgan fingerprint density at radius 3 is 2.35 bits per heavy atom. The molecule has 1 aliphatic rings. The Bertz CT molecular complexity index is 439. The highest BCUT2D eigenvalue weighted by atomic mass is 16.2. The third kappa shape index (κ3) is 2.09. The van der Waals surface area contributed by atoms with Crippen LogP contribution in [0.4, 0.5) is 0 Å². The standard InChI is InChI=1S/C14H17NO2/c1-10(2)8-14(9-12(16)15-13(14)17)11-6-4-3-5-7-11/h3-7,10H,8-9H2,1-2H3,(H,15,16,17). The van der Waals surface area contributed by atoms with Crippen molar-refractivity contribution in [1.29, 1.82) is 0 Å². The average molecular weight is 231 g/mol. The summed E-state index contributed by atoms with van der Waals surface area (Å²) in [4.78, 5) is 23.6. The molecule has 1 aliphatic heterocycles. The summed E-state index contributed by atoms with van der Waals surface area (Å²) in [6.45, 7) is 4.14. The number of hydrogen-bond acceptors (Lipinski definition) is 2. The van der Waals surface area contributed by atoms with Gasteiger partial charge in [0.05, 0.1) is 5.41 Å². The van der Waals surface area contributed by atoms with Gasteiger partial charge in [-0.05, 0) is 17.9 Å². The van der Waals surface area contributed by atoms with Gasteiger partial charge in [-0.1, -0.05) is 44.2 Å². The molecule has 3 heteroatoms. The summed E-state index contributed by atoms with van der Waals surface area (Å²) in [5.41, 5.74) is 0.282.